The number of sulfonamides is 1. The molecule has 212 valence electrons. The molecule has 0 aromatic heterocycles. The molecule has 40 heavy (non-hydrogen) atoms. The molecule has 0 heterocycles. The van der Waals surface area contributed by atoms with Gasteiger partial charge in [0.15, 0.2) is 0 Å². The second-order valence-electron chi connectivity index (χ2n) is 10.2. The fourth-order valence-corrected chi connectivity index (χ4v) is 6.65. The Hall–Kier alpha value is -3.36. The number of hydrogen-bond donors (Lipinski definition) is 1. The number of rotatable bonds is 11. The predicted octanol–water partition coefficient (Wildman–Crippen LogP) is 5.71. The molecule has 3 aromatic carbocycles. The van der Waals surface area contributed by atoms with Gasteiger partial charge >= 0.3 is 0 Å². The number of carbonyl (C=O) groups is 2. The third-order valence-corrected chi connectivity index (χ3v) is 9.45. The van der Waals surface area contributed by atoms with Crippen LogP contribution in [0, 0.1) is 6.92 Å². The van der Waals surface area contributed by atoms with Gasteiger partial charge in [0.2, 0.25) is 11.8 Å². The third-order valence-electron chi connectivity index (χ3n) is 7.41. The van der Waals surface area contributed by atoms with Gasteiger partial charge in [-0.3, -0.25) is 13.9 Å². The number of amides is 2. The molecule has 0 saturated heterocycles. The molecule has 1 fully saturated rings. The van der Waals surface area contributed by atoms with Crippen molar-refractivity contribution in [3.05, 3.63) is 95.0 Å². The van der Waals surface area contributed by atoms with E-state index in [9.17, 15) is 18.0 Å². The van der Waals surface area contributed by atoms with Crippen LogP contribution in [-0.4, -0.2) is 43.8 Å². The lowest BCUT2D eigenvalue weighted by Crippen LogP contribution is -2.53. The maximum atomic E-state index is 14.1. The highest BCUT2D eigenvalue weighted by molar-refractivity contribution is 7.92. The second-order valence-corrected chi connectivity index (χ2v) is 12.5. The Balaban J connectivity index is 1.70. The largest absolute Gasteiger partial charge is 0.352 e. The molecule has 2 amide bonds. The highest BCUT2D eigenvalue weighted by atomic mass is 35.5. The van der Waals surface area contributed by atoms with Gasteiger partial charge in [0.05, 0.1) is 10.6 Å². The topological polar surface area (TPSA) is 86.8 Å². The smallest absolute Gasteiger partial charge is 0.264 e. The Bertz CT molecular complexity index is 1410. The first kappa shape index (κ1) is 29.6. The van der Waals surface area contributed by atoms with Gasteiger partial charge in [0.25, 0.3) is 10.0 Å². The molecule has 0 radical (unpaired) electrons. The summed E-state index contributed by atoms with van der Waals surface area (Å²) < 4.78 is 28.8. The summed E-state index contributed by atoms with van der Waals surface area (Å²) >= 11 is 6.01. The Morgan fingerprint density at radius 2 is 1.57 bits per heavy atom. The summed E-state index contributed by atoms with van der Waals surface area (Å²) in [5, 5.41) is 3.54. The van der Waals surface area contributed by atoms with Crippen molar-refractivity contribution in [3.63, 3.8) is 0 Å². The quantitative estimate of drug-likeness (QED) is 0.314. The molecule has 4 rings (SSSR count). The maximum Gasteiger partial charge on any atom is 0.264 e. The SMILES string of the molecule is CCC(C(=O)NC1CCCC1)N(Cc1ccccc1C)C(=O)CN(c1ccccc1)S(=O)(=O)c1ccc(Cl)cc1. The number of aryl methyl sites for hydroxylation is 1. The molecule has 1 aliphatic rings. The van der Waals surface area contributed by atoms with Crippen molar-refractivity contribution in [3.8, 4) is 0 Å². The minimum absolute atomic E-state index is 0.0185. The lowest BCUT2D eigenvalue weighted by atomic mass is 10.1. The summed E-state index contributed by atoms with van der Waals surface area (Å²) in [6.07, 6.45) is 4.39. The highest BCUT2D eigenvalue weighted by Gasteiger charge is 2.34. The van der Waals surface area contributed by atoms with Crippen molar-refractivity contribution in [2.45, 2.75) is 69.5 Å². The summed E-state index contributed by atoms with van der Waals surface area (Å²) in [5.41, 5.74) is 2.24. The fourth-order valence-electron chi connectivity index (χ4n) is 5.11. The van der Waals surface area contributed by atoms with E-state index in [1.165, 1.54) is 29.2 Å². The molecule has 1 unspecified atom stereocenters. The van der Waals surface area contributed by atoms with Crippen molar-refractivity contribution in [1.82, 2.24) is 10.2 Å². The molecule has 0 spiro atoms. The molecule has 9 heteroatoms. The molecule has 7 nitrogen and oxygen atoms in total. The van der Waals surface area contributed by atoms with Gasteiger partial charge in [0.1, 0.15) is 12.6 Å². The van der Waals surface area contributed by atoms with Crippen LogP contribution >= 0.6 is 11.6 Å². The monoisotopic (exact) mass is 581 g/mol. The first-order chi connectivity index (χ1) is 19.2. The summed E-state index contributed by atoms with van der Waals surface area (Å²) in [7, 11) is -4.13. The van der Waals surface area contributed by atoms with Gasteiger partial charge in [0, 0.05) is 17.6 Å². The minimum atomic E-state index is -4.13. The number of carbonyl (C=O) groups excluding carboxylic acids is 2. The Labute approximate surface area is 242 Å². The van der Waals surface area contributed by atoms with Gasteiger partial charge in [-0.25, -0.2) is 8.42 Å². The number of nitrogens with one attached hydrogen (secondary N) is 1. The van der Waals surface area contributed by atoms with Gasteiger partial charge < -0.3 is 10.2 Å². The predicted molar refractivity (Wildman–Crippen MR) is 159 cm³/mol. The van der Waals surface area contributed by atoms with Crippen LogP contribution in [0.4, 0.5) is 5.69 Å². The highest BCUT2D eigenvalue weighted by Crippen LogP contribution is 2.26. The number of para-hydroxylation sites is 1. The van der Waals surface area contributed by atoms with E-state index in [0.29, 0.717) is 17.1 Å². The van der Waals surface area contributed by atoms with E-state index in [1.807, 2.05) is 38.1 Å². The van der Waals surface area contributed by atoms with E-state index in [-0.39, 0.29) is 23.4 Å². The summed E-state index contributed by atoms with van der Waals surface area (Å²) in [6.45, 7) is 3.55. The first-order valence-electron chi connectivity index (χ1n) is 13.7. The van der Waals surface area contributed by atoms with E-state index in [1.54, 1.807) is 30.3 Å². The molecule has 0 aliphatic heterocycles. The minimum Gasteiger partial charge on any atom is -0.352 e. The second kappa shape index (κ2) is 13.3. The molecule has 0 bridgehead atoms. The lowest BCUT2D eigenvalue weighted by molar-refractivity contribution is -0.140. The zero-order chi connectivity index (χ0) is 28.7. The van der Waals surface area contributed by atoms with Crippen molar-refractivity contribution in [1.29, 1.82) is 0 Å². The number of benzene rings is 3. The van der Waals surface area contributed by atoms with Crippen LogP contribution < -0.4 is 9.62 Å². The number of anilines is 1. The average Bonchev–Trinajstić information content (AvgIpc) is 3.46. The van der Waals surface area contributed by atoms with Gasteiger partial charge in [-0.1, -0.05) is 73.8 Å². The van der Waals surface area contributed by atoms with Crippen LogP contribution in [0.5, 0.6) is 0 Å². The summed E-state index contributed by atoms with van der Waals surface area (Å²) in [4.78, 5) is 29.2. The van der Waals surface area contributed by atoms with E-state index in [2.05, 4.69) is 5.32 Å². The molecule has 1 aliphatic carbocycles. The number of hydrogen-bond acceptors (Lipinski definition) is 4. The van der Waals surface area contributed by atoms with Crippen LogP contribution in [0.15, 0.2) is 83.8 Å². The Morgan fingerprint density at radius 1 is 0.950 bits per heavy atom. The Kier molecular flexibility index (Phi) is 9.87. The number of halogens is 1. The van der Waals surface area contributed by atoms with Crippen LogP contribution in [0.3, 0.4) is 0 Å². The average molecular weight is 582 g/mol. The lowest BCUT2D eigenvalue weighted by Gasteiger charge is -2.34. The van der Waals surface area contributed by atoms with Crippen LogP contribution in [0.25, 0.3) is 0 Å². The molecule has 1 saturated carbocycles. The van der Waals surface area contributed by atoms with E-state index in [4.69, 9.17) is 11.6 Å². The third kappa shape index (κ3) is 7.04. The van der Waals surface area contributed by atoms with Crippen molar-refractivity contribution in [2.24, 2.45) is 0 Å². The zero-order valence-corrected chi connectivity index (χ0v) is 24.5. The van der Waals surface area contributed by atoms with Gasteiger partial charge in [-0.15, -0.1) is 0 Å². The van der Waals surface area contributed by atoms with Gasteiger partial charge in [-0.2, -0.15) is 0 Å². The Morgan fingerprint density at radius 3 is 2.20 bits per heavy atom. The van der Waals surface area contributed by atoms with Crippen LogP contribution in [0.1, 0.15) is 50.2 Å². The van der Waals surface area contributed by atoms with Crippen molar-refractivity contribution < 1.29 is 18.0 Å². The van der Waals surface area contributed by atoms with E-state index >= 15 is 0 Å². The van der Waals surface area contributed by atoms with Gasteiger partial charge in [-0.05, 0) is 73.7 Å². The summed E-state index contributed by atoms with van der Waals surface area (Å²) in [5.74, 6) is -0.666. The molecule has 3 aromatic rings. The molecular formula is C31H36ClN3O4S. The zero-order valence-electron chi connectivity index (χ0n) is 22.9. The maximum absolute atomic E-state index is 14.1. The summed E-state index contributed by atoms with van der Waals surface area (Å²) in [6, 6.07) is 21.4. The van der Waals surface area contributed by atoms with Crippen LogP contribution in [-0.2, 0) is 26.2 Å². The molecule has 1 atom stereocenters. The van der Waals surface area contributed by atoms with Crippen LogP contribution in [0.2, 0.25) is 5.02 Å². The fraction of sp³-hybridized carbons (Fsp3) is 0.355. The van der Waals surface area contributed by atoms with Crippen molar-refractivity contribution in [2.75, 3.05) is 10.8 Å². The van der Waals surface area contributed by atoms with E-state index < -0.39 is 28.5 Å². The molecule has 1 N–H and O–H groups in total. The standard InChI is InChI=1S/C31H36ClN3O4S/c1-3-29(31(37)33-26-13-9-10-14-26)34(21-24-12-8-7-11-23(24)2)30(36)22-35(27-15-5-4-6-16-27)40(38,39)28-19-17-25(32)18-20-28/h4-8,11-12,15-20,26,29H,3,9-10,13-14,21-22H2,1-2H3,(H,33,37). The normalized spacial score (nSPS) is 14.5. The number of nitrogens with zero attached hydrogens (tertiary/aromatic N) is 2. The molecular weight excluding hydrogens is 546 g/mol. The van der Waals surface area contributed by atoms with Crippen molar-refractivity contribution >= 4 is 39.1 Å². The van der Waals surface area contributed by atoms with E-state index in [0.717, 1.165) is 41.1 Å². The first-order valence-corrected chi connectivity index (χ1v) is 15.5.